The predicted molar refractivity (Wildman–Crippen MR) is 87.1 cm³/mol. The third-order valence-electron chi connectivity index (χ3n) is 4.80. The monoisotopic (exact) mass is 316 g/mol. The number of hydrogen-bond donors (Lipinski definition) is 0. The second kappa shape index (κ2) is 6.37. The molecule has 2 fully saturated rings. The zero-order chi connectivity index (χ0) is 15.6. The summed E-state index contributed by atoms with van der Waals surface area (Å²) in [5.74, 6) is 0.628. The van der Waals surface area contributed by atoms with Crippen molar-refractivity contribution in [2.45, 2.75) is 18.9 Å². The van der Waals surface area contributed by atoms with Crippen LogP contribution in [0, 0.1) is 5.82 Å². The molecular formula is C17H21FN4O. The van der Waals surface area contributed by atoms with Crippen molar-refractivity contribution in [3.8, 4) is 0 Å². The molecule has 0 radical (unpaired) electrons. The molecule has 1 aromatic carbocycles. The molecule has 23 heavy (non-hydrogen) atoms. The molecule has 3 heterocycles. The van der Waals surface area contributed by atoms with Crippen LogP contribution in [0.1, 0.15) is 12.8 Å². The Balaban J connectivity index is 1.62. The van der Waals surface area contributed by atoms with Gasteiger partial charge in [0.05, 0.1) is 18.7 Å². The third kappa shape index (κ3) is 3.01. The van der Waals surface area contributed by atoms with Crippen LogP contribution in [0.25, 0.3) is 10.9 Å². The van der Waals surface area contributed by atoms with Gasteiger partial charge in [0, 0.05) is 37.6 Å². The summed E-state index contributed by atoms with van der Waals surface area (Å²) in [5, 5.41) is 0.807. The first-order chi connectivity index (χ1) is 11.3. The molecule has 122 valence electrons. The summed E-state index contributed by atoms with van der Waals surface area (Å²) in [4.78, 5) is 13.5. The Labute approximate surface area is 135 Å². The SMILES string of the molecule is Fc1ccc2ncnc(N3CCCC3CN3CCOCC3)c2c1. The van der Waals surface area contributed by atoms with E-state index in [4.69, 9.17) is 4.74 Å². The van der Waals surface area contributed by atoms with E-state index in [1.807, 2.05) is 0 Å². The second-order valence-corrected chi connectivity index (χ2v) is 6.26. The second-order valence-electron chi connectivity index (χ2n) is 6.26. The van der Waals surface area contributed by atoms with Crippen molar-refractivity contribution < 1.29 is 9.13 Å². The first-order valence-corrected chi connectivity index (χ1v) is 8.28. The Bertz CT molecular complexity index is 689. The molecule has 1 atom stereocenters. The molecule has 0 amide bonds. The molecule has 0 bridgehead atoms. The van der Waals surface area contributed by atoms with E-state index in [-0.39, 0.29) is 5.82 Å². The summed E-state index contributed by atoms with van der Waals surface area (Å²) in [6.07, 6.45) is 3.88. The van der Waals surface area contributed by atoms with Crippen LogP contribution in [0.3, 0.4) is 0 Å². The zero-order valence-electron chi connectivity index (χ0n) is 13.1. The van der Waals surface area contributed by atoms with E-state index in [0.717, 1.165) is 69.0 Å². The highest BCUT2D eigenvalue weighted by Gasteiger charge is 2.29. The number of morpholine rings is 1. The fourth-order valence-electron chi connectivity index (χ4n) is 3.63. The maximum absolute atomic E-state index is 13.7. The number of benzene rings is 1. The van der Waals surface area contributed by atoms with E-state index < -0.39 is 0 Å². The smallest absolute Gasteiger partial charge is 0.140 e. The molecule has 2 aliphatic rings. The van der Waals surface area contributed by atoms with Crippen LogP contribution < -0.4 is 4.90 Å². The number of hydrogen-bond acceptors (Lipinski definition) is 5. The minimum atomic E-state index is -0.238. The highest BCUT2D eigenvalue weighted by atomic mass is 19.1. The molecule has 1 unspecified atom stereocenters. The van der Waals surface area contributed by atoms with Crippen molar-refractivity contribution in [3.05, 3.63) is 30.3 Å². The van der Waals surface area contributed by atoms with E-state index in [1.54, 1.807) is 18.5 Å². The van der Waals surface area contributed by atoms with Crippen molar-refractivity contribution in [1.29, 1.82) is 0 Å². The Morgan fingerprint density at radius 1 is 1.17 bits per heavy atom. The van der Waals surface area contributed by atoms with Gasteiger partial charge in [-0.3, -0.25) is 4.90 Å². The van der Waals surface area contributed by atoms with Gasteiger partial charge < -0.3 is 9.64 Å². The van der Waals surface area contributed by atoms with E-state index >= 15 is 0 Å². The molecule has 0 N–H and O–H groups in total. The number of nitrogens with zero attached hydrogens (tertiary/aromatic N) is 4. The third-order valence-corrected chi connectivity index (χ3v) is 4.80. The molecule has 5 nitrogen and oxygen atoms in total. The van der Waals surface area contributed by atoms with Crippen molar-refractivity contribution >= 4 is 16.7 Å². The van der Waals surface area contributed by atoms with Crippen LogP contribution >= 0.6 is 0 Å². The van der Waals surface area contributed by atoms with Crippen LogP contribution in [0.15, 0.2) is 24.5 Å². The highest BCUT2D eigenvalue weighted by Crippen LogP contribution is 2.30. The molecule has 1 aromatic heterocycles. The Morgan fingerprint density at radius 3 is 2.91 bits per heavy atom. The van der Waals surface area contributed by atoms with Gasteiger partial charge >= 0.3 is 0 Å². The minimum Gasteiger partial charge on any atom is -0.379 e. The molecular weight excluding hydrogens is 295 g/mol. The lowest BCUT2D eigenvalue weighted by Gasteiger charge is -2.33. The predicted octanol–water partition coefficient (Wildman–Crippen LogP) is 2.07. The summed E-state index contributed by atoms with van der Waals surface area (Å²) < 4.78 is 19.1. The number of fused-ring (bicyclic) bond motifs is 1. The normalized spacial score (nSPS) is 22.8. The van der Waals surface area contributed by atoms with Crippen molar-refractivity contribution in [2.24, 2.45) is 0 Å². The molecule has 2 aliphatic heterocycles. The summed E-state index contributed by atoms with van der Waals surface area (Å²) >= 11 is 0. The van der Waals surface area contributed by atoms with E-state index in [1.165, 1.54) is 6.07 Å². The lowest BCUT2D eigenvalue weighted by molar-refractivity contribution is 0.0355. The van der Waals surface area contributed by atoms with E-state index in [9.17, 15) is 4.39 Å². The number of aromatic nitrogens is 2. The average molecular weight is 316 g/mol. The molecule has 0 spiro atoms. The molecule has 0 aliphatic carbocycles. The maximum atomic E-state index is 13.7. The average Bonchev–Trinajstić information content (AvgIpc) is 3.03. The van der Waals surface area contributed by atoms with Crippen LogP contribution in [-0.4, -0.2) is 60.3 Å². The fourth-order valence-corrected chi connectivity index (χ4v) is 3.63. The van der Waals surface area contributed by atoms with Gasteiger partial charge in [0.25, 0.3) is 0 Å². The molecule has 6 heteroatoms. The molecule has 2 saturated heterocycles. The van der Waals surface area contributed by atoms with Crippen molar-refractivity contribution in [1.82, 2.24) is 14.9 Å². The number of ether oxygens (including phenoxy) is 1. The van der Waals surface area contributed by atoms with Gasteiger partial charge in [-0.1, -0.05) is 0 Å². The molecule has 0 saturated carbocycles. The van der Waals surface area contributed by atoms with E-state index in [2.05, 4.69) is 19.8 Å². The van der Waals surface area contributed by atoms with Gasteiger partial charge in [-0.2, -0.15) is 0 Å². The maximum Gasteiger partial charge on any atom is 0.140 e. The van der Waals surface area contributed by atoms with Gasteiger partial charge in [0.1, 0.15) is 18.0 Å². The lowest BCUT2D eigenvalue weighted by Crippen LogP contribution is -2.45. The van der Waals surface area contributed by atoms with Crippen molar-refractivity contribution in [3.63, 3.8) is 0 Å². The number of rotatable bonds is 3. The van der Waals surface area contributed by atoms with Gasteiger partial charge in [-0.25, -0.2) is 14.4 Å². The highest BCUT2D eigenvalue weighted by molar-refractivity contribution is 5.89. The number of halogens is 1. The minimum absolute atomic E-state index is 0.238. The van der Waals surface area contributed by atoms with Gasteiger partial charge in [-0.05, 0) is 31.0 Å². The topological polar surface area (TPSA) is 41.5 Å². The zero-order valence-corrected chi connectivity index (χ0v) is 13.1. The molecule has 4 rings (SSSR count). The fraction of sp³-hybridized carbons (Fsp3) is 0.529. The van der Waals surface area contributed by atoms with Gasteiger partial charge in [0.15, 0.2) is 0 Å². The lowest BCUT2D eigenvalue weighted by atomic mass is 10.1. The summed E-state index contributed by atoms with van der Waals surface area (Å²) in [6, 6.07) is 5.15. The van der Waals surface area contributed by atoms with Gasteiger partial charge in [0.2, 0.25) is 0 Å². The van der Waals surface area contributed by atoms with E-state index in [0.29, 0.717) is 6.04 Å². The Hall–Kier alpha value is -1.79. The number of anilines is 1. The van der Waals surface area contributed by atoms with Crippen LogP contribution in [0.2, 0.25) is 0 Å². The van der Waals surface area contributed by atoms with Crippen molar-refractivity contribution in [2.75, 3.05) is 44.3 Å². The van der Waals surface area contributed by atoms with Crippen LogP contribution in [-0.2, 0) is 4.74 Å². The quantitative estimate of drug-likeness (QED) is 0.867. The van der Waals surface area contributed by atoms with Crippen LogP contribution in [0.4, 0.5) is 10.2 Å². The summed E-state index contributed by atoms with van der Waals surface area (Å²) in [7, 11) is 0. The standard InChI is InChI=1S/C17H21FN4O/c18-13-3-4-16-15(10-13)17(20-12-19-16)22-5-1-2-14(22)11-21-6-8-23-9-7-21/h3-4,10,12,14H,1-2,5-9,11H2. The Morgan fingerprint density at radius 2 is 2.04 bits per heavy atom. The largest absolute Gasteiger partial charge is 0.379 e. The summed E-state index contributed by atoms with van der Waals surface area (Å²) in [6.45, 7) is 5.59. The summed E-state index contributed by atoms with van der Waals surface area (Å²) in [5.41, 5.74) is 0.799. The Kier molecular flexibility index (Phi) is 4.10. The first kappa shape index (κ1) is 14.8. The molecule has 2 aromatic rings. The van der Waals surface area contributed by atoms with Gasteiger partial charge in [-0.15, -0.1) is 0 Å². The van der Waals surface area contributed by atoms with Crippen LogP contribution in [0.5, 0.6) is 0 Å². The first-order valence-electron chi connectivity index (χ1n) is 8.28.